The van der Waals surface area contributed by atoms with Gasteiger partial charge in [-0.25, -0.2) is 17.2 Å². The van der Waals surface area contributed by atoms with Crippen LogP contribution < -0.4 is 0 Å². The zero-order chi connectivity index (χ0) is 29.3. The van der Waals surface area contributed by atoms with Crippen molar-refractivity contribution < 1.29 is 40.3 Å². The lowest BCUT2D eigenvalue weighted by molar-refractivity contribution is -0.228. The summed E-state index contributed by atoms with van der Waals surface area (Å²) < 4.78 is 96.2. The van der Waals surface area contributed by atoms with E-state index in [9.17, 15) is 40.3 Å². The molecule has 1 saturated carbocycles. The average molecular weight is 586 g/mol. The third kappa shape index (κ3) is 4.44. The van der Waals surface area contributed by atoms with E-state index in [1.165, 1.54) is 6.07 Å². The van der Waals surface area contributed by atoms with Gasteiger partial charge in [0, 0.05) is 19.0 Å². The van der Waals surface area contributed by atoms with Gasteiger partial charge in [-0.15, -0.1) is 0 Å². The molecule has 3 aliphatic rings. The highest BCUT2D eigenvalue weighted by atomic mass is 32.2. The van der Waals surface area contributed by atoms with E-state index in [1.807, 2.05) is 0 Å². The number of nitrogens with zero attached hydrogens (tertiary/aromatic N) is 1. The maximum Gasteiger partial charge on any atom is 0.426 e. The van der Waals surface area contributed by atoms with Crippen LogP contribution in [0.1, 0.15) is 62.6 Å². The molecule has 1 unspecified atom stereocenters. The number of alkyl halides is 4. The van der Waals surface area contributed by atoms with Crippen molar-refractivity contribution in [1.82, 2.24) is 4.90 Å². The van der Waals surface area contributed by atoms with E-state index in [4.69, 9.17) is 0 Å². The Morgan fingerprint density at radius 2 is 1.62 bits per heavy atom. The quantitative estimate of drug-likeness (QED) is 0.375. The van der Waals surface area contributed by atoms with E-state index in [0.717, 1.165) is 36.4 Å². The van der Waals surface area contributed by atoms with E-state index in [-0.39, 0.29) is 42.0 Å². The molecular formula is C29H32F5NO4S. The number of sulfone groups is 1. The van der Waals surface area contributed by atoms with Gasteiger partial charge in [0.15, 0.2) is 9.84 Å². The van der Waals surface area contributed by atoms with Crippen LogP contribution in [0.5, 0.6) is 0 Å². The summed E-state index contributed by atoms with van der Waals surface area (Å²) >= 11 is 0. The van der Waals surface area contributed by atoms with Crippen LogP contribution in [0, 0.1) is 17.7 Å². The third-order valence-corrected chi connectivity index (χ3v) is 11.9. The molecule has 2 aliphatic carbocycles. The molecule has 0 spiro atoms. The van der Waals surface area contributed by atoms with Crippen LogP contribution in [0.25, 0.3) is 0 Å². The summed E-state index contributed by atoms with van der Waals surface area (Å²) in [7, 11) is -4.28. The molecule has 1 N–H and O–H groups in total. The van der Waals surface area contributed by atoms with Gasteiger partial charge in [-0.1, -0.05) is 18.2 Å². The fourth-order valence-corrected chi connectivity index (χ4v) is 9.34. The van der Waals surface area contributed by atoms with Gasteiger partial charge in [-0.2, -0.15) is 13.2 Å². The number of aryl methyl sites for hydroxylation is 1. The van der Waals surface area contributed by atoms with Crippen LogP contribution in [-0.2, 0) is 31.5 Å². The standard InChI is InChI=1S/C29H32F5NO4S/c1-26(37)13-15-35(16-14-26)25(36)22-11-12-28(40(38,39)21-7-5-20(30)6-8-21)23-10-4-19(27(2,31)29(32,33)34)17-18(23)3-9-24(22)28/h4-8,10,17,22,24,37H,3,9,11-16H2,1-2H3/t22-,24-,27?,28+/m0/s1. The van der Waals surface area contributed by atoms with Crippen molar-refractivity contribution in [3.63, 3.8) is 0 Å². The van der Waals surface area contributed by atoms with Crippen LogP contribution in [0.2, 0.25) is 0 Å². The minimum atomic E-state index is -5.17. The van der Waals surface area contributed by atoms with Gasteiger partial charge in [0.1, 0.15) is 10.6 Å². The first-order valence-electron chi connectivity index (χ1n) is 13.4. The number of amides is 1. The number of rotatable bonds is 4. The Hall–Kier alpha value is -2.53. The second-order valence-electron chi connectivity index (χ2n) is 11.8. The molecular weight excluding hydrogens is 553 g/mol. The fraction of sp³-hybridized carbons (Fsp3) is 0.552. The highest BCUT2D eigenvalue weighted by Crippen LogP contribution is 2.60. The molecule has 11 heteroatoms. The zero-order valence-corrected chi connectivity index (χ0v) is 23.1. The number of aliphatic hydroxyl groups is 1. The number of carbonyl (C=O) groups is 1. The lowest BCUT2D eigenvalue weighted by Gasteiger charge is -2.43. The van der Waals surface area contributed by atoms with Crippen molar-refractivity contribution in [1.29, 1.82) is 0 Å². The second kappa shape index (κ2) is 9.51. The van der Waals surface area contributed by atoms with Crippen molar-refractivity contribution in [3.05, 3.63) is 65.0 Å². The Bertz CT molecular complexity index is 1410. The van der Waals surface area contributed by atoms with E-state index in [2.05, 4.69) is 0 Å². The van der Waals surface area contributed by atoms with Gasteiger partial charge in [0.2, 0.25) is 11.6 Å². The van der Waals surface area contributed by atoms with Crippen LogP contribution in [0.3, 0.4) is 0 Å². The number of hydrogen-bond donors (Lipinski definition) is 1. The smallest absolute Gasteiger partial charge is 0.390 e. The number of carbonyl (C=O) groups excluding carboxylic acids is 1. The Morgan fingerprint density at radius 1 is 1.00 bits per heavy atom. The SMILES string of the molecule is CC1(O)CCN(C(=O)[C@H]2CC[C@@]3(S(=O)(=O)c4ccc(F)cc4)c4ccc(C(C)(F)C(F)(F)F)cc4CC[C@@H]23)CC1. The molecule has 1 saturated heterocycles. The highest BCUT2D eigenvalue weighted by molar-refractivity contribution is 7.92. The maximum atomic E-state index is 14.9. The van der Waals surface area contributed by atoms with Crippen molar-refractivity contribution >= 4 is 15.7 Å². The normalized spacial score (nSPS) is 27.9. The summed E-state index contributed by atoms with van der Waals surface area (Å²) in [5.74, 6) is -2.18. The summed E-state index contributed by atoms with van der Waals surface area (Å²) in [4.78, 5) is 15.3. The number of fused-ring (bicyclic) bond motifs is 3. The molecule has 0 aromatic heterocycles. The summed E-state index contributed by atoms with van der Waals surface area (Å²) in [6, 6.07) is 7.72. The summed E-state index contributed by atoms with van der Waals surface area (Å²) in [5, 5.41) is 10.3. The largest absolute Gasteiger partial charge is 0.426 e. The van der Waals surface area contributed by atoms with Crippen molar-refractivity contribution in [2.24, 2.45) is 11.8 Å². The van der Waals surface area contributed by atoms with Crippen LogP contribution in [0.4, 0.5) is 22.0 Å². The van der Waals surface area contributed by atoms with Gasteiger partial charge in [-0.3, -0.25) is 4.79 Å². The van der Waals surface area contributed by atoms with E-state index in [1.54, 1.807) is 11.8 Å². The predicted octanol–water partition coefficient (Wildman–Crippen LogP) is 5.59. The maximum absolute atomic E-state index is 14.9. The van der Waals surface area contributed by atoms with Crippen molar-refractivity contribution in [2.75, 3.05) is 13.1 Å². The Balaban J connectivity index is 1.61. The van der Waals surface area contributed by atoms with Gasteiger partial charge in [0.25, 0.3) is 0 Å². The molecule has 5 nitrogen and oxygen atoms in total. The van der Waals surface area contributed by atoms with Gasteiger partial charge in [-0.05, 0) is 99.2 Å². The number of likely N-dealkylation sites (tertiary alicyclic amines) is 1. The number of halogens is 5. The summed E-state index contributed by atoms with van der Waals surface area (Å²) in [6.07, 6.45) is -3.72. The predicted molar refractivity (Wildman–Crippen MR) is 137 cm³/mol. The van der Waals surface area contributed by atoms with Crippen molar-refractivity contribution in [3.8, 4) is 0 Å². The molecule has 1 aliphatic heterocycles. The van der Waals surface area contributed by atoms with E-state index in [0.29, 0.717) is 38.4 Å². The van der Waals surface area contributed by atoms with Gasteiger partial charge >= 0.3 is 6.18 Å². The first kappa shape index (κ1) is 29.0. The Morgan fingerprint density at radius 3 is 2.23 bits per heavy atom. The van der Waals surface area contributed by atoms with E-state index < -0.39 is 55.2 Å². The highest BCUT2D eigenvalue weighted by Gasteiger charge is 2.62. The Kier molecular flexibility index (Phi) is 6.89. The van der Waals surface area contributed by atoms with Gasteiger partial charge < -0.3 is 10.0 Å². The lowest BCUT2D eigenvalue weighted by Crippen LogP contribution is -2.50. The van der Waals surface area contributed by atoms with Gasteiger partial charge in [0.05, 0.1) is 10.5 Å². The summed E-state index contributed by atoms with van der Waals surface area (Å²) in [6.45, 7) is 2.81. The monoisotopic (exact) mass is 585 g/mol. The minimum Gasteiger partial charge on any atom is -0.390 e. The average Bonchev–Trinajstić information content (AvgIpc) is 3.29. The number of hydrogen-bond acceptors (Lipinski definition) is 4. The molecule has 2 aromatic carbocycles. The molecule has 1 heterocycles. The fourth-order valence-electron chi connectivity index (χ4n) is 6.87. The molecule has 2 aromatic rings. The van der Waals surface area contributed by atoms with Crippen LogP contribution >= 0.6 is 0 Å². The number of piperidine rings is 1. The summed E-state index contributed by atoms with van der Waals surface area (Å²) in [5.41, 5.74) is -4.56. The van der Waals surface area contributed by atoms with Crippen LogP contribution in [0.15, 0.2) is 47.4 Å². The molecule has 4 atom stereocenters. The molecule has 5 rings (SSSR count). The molecule has 1 amide bonds. The molecule has 40 heavy (non-hydrogen) atoms. The zero-order valence-electron chi connectivity index (χ0n) is 22.3. The topological polar surface area (TPSA) is 74.7 Å². The first-order chi connectivity index (χ1) is 18.5. The van der Waals surface area contributed by atoms with E-state index >= 15 is 0 Å². The molecule has 0 radical (unpaired) electrons. The number of benzene rings is 2. The first-order valence-corrected chi connectivity index (χ1v) is 14.9. The lowest BCUT2D eigenvalue weighted by atomic mass is 9.72. The minimum absolute atomic E-state index is 0.0395. The van der Waals surface area contributed by atoms with Crippen molar-refractivity contribution in [2.45, 2.75) is 79.5 Å². The molecule has 2 fully saturated rings. The molecule has 218 valence electrons. The van der Waals surface area contributed by atoms with Crippen LogP contribution in [-0.4, -0.2) is 49.2 Å². The Labute approximate surface area is 230 Å². The third-order valence-electron chi connectivity index (χ3n) is 9.34. The second-order valence-corrected chi connectivity index (χ2v) is 14.0. The molecule has 0 bridgehead atoms.